The molecule has 9 aromatic carbocycles. The topological polar surface area (TPSA) is 51.8 Å². The molecule has 0 spiro atoms. The second kappa shape index (κ2) is 11.7. The maximum Gasteiger partial charge on any atom is 0.164 e. The van der Waals surface area contributed by atoms with E-state index in [9.17, 15) is 0 Å². The molecule has 0 saturated heterocycles. The van der Waals surface area contributed by atoms with Crippen LogP contribution >= 0.6 is 0 Å². The first-order chi connectivity index (χ1) is 26.2. The number of furan rings is 1. The van der Waals surface area contributed by atoms with Gasteiger partial charge in [0.05, 0.1) is 0 Å². The van der Waals surface area contributed by atoms with Crippen LogP contribution in [0.25, 0.3) is 110 Å². The molecule has 4 nitrogen and oxygen atoms in total. The number of hydrogen-bond acceptors (Lipinski definition) is 4. The van der Waals surface area contributed by atoms with Crippen LogP contribution < -0.4 is 0 Å². The smallest absolute Gasteiger partial charge is 0.164 e. The van der Waals surface area contributed by atoms with Crippen molar-refractivity contribution < 1.29 is 4.42 Å². The van der Waals surface area contributed by atoms with Crippen molar-refractivity contribution in [2.75, 3.05) is 0 Å². The Labute approximate surface area is 304 Å². The van der Waals surface area contributed by atoms with Crippen LogP contribution in [-0.4, -0.2) is 15.0 Å². The third-order valence-electron chi connectivity index (χ3n) is 10.5. The Kier molecular flexibility index (Phi) is 6.52. The zero-order chi connectivity index (χ0) is 34.9. The van der Waals surface area contributed by atoms with Crippen molar-refractivity contribution in [1.29, 1.82) is 0 Å². The molecular formula is C49H29N3O. The van der Waals surface area contributed by atoms with Crippen molar-refractivity contribution in [2.24, 2.45) is 0 Å². The van der Waals surface area contributed by atoms with Crippen LogP contribution in [0.4, 0.5) is 0 Å². The first-order valence-electron chi connectivity index (χ1n) is 17.9. The molecule has 2 aromatic heterocycles. The zero-order valence-electron chi connectivity index (χ0n) is 28.5. The first kappa shape index (κ1) is 29.5. The van der Waals surface area contributed by atoms with E-state index in [1.54, 1.807) is 0 Å². The fourth-order valence-corrected chi connectivity index (χ4v) is 7.97. The number of fused-ring (bicyclic) bond motifs is 9. The van der Waals surface area contributed by atoms with E-state index < -0.39 is 0 Å². The van der Waals surface area contributed by atoms with Gasteiger partial charge in [0.2, 0.25) is 0 Å². The minimum Gasteiger partial charge on any atom is -0.456 e. The average Bonchev–Trinajstić information content (AvgIpc) is 3.61. The average molecular weight is 676 g/mol. The highest BCUT2D eigenvalue weighted by Gasteiger charge is 2.20. The highest BCUT2D eigenvalue weighted by Crippen LogP contribution is 2.41. The fraction of sp³-hybridized carbons (Fsp3) is 0. The number of benzene rings is 9. The van der Waals surface area contributed by atoms with Gasteiger partial charge in [0.15, 0.2) is 17.5 Å². The lowest BCUT2D eigenvalue weighted by atomic mass is 9.95. The van der Waals surface area contributed by atoms with Crippen LogP contribution in [0.1, 0.15) is 0 Å². The molecule has 246 valence electrons. The van der Waals surface area contributed by atoms with Gasteiger partial charge < -0.3 is 4.42 Å². The Hall–Kier alpha value is -7.17. The summed E-state index contributed by atoms with van der Waals surface area (Å²) in [5, 5.41) is 11.5. The monoisotopic (exact) mass is 675 g/mol. The Morgan fingerprint density at radius 3 is 1.77 bits per heavy atom. The quantitative estimate of drug-likeness (QED) is 0.174. The molecule has 11 rings (SSSR count). The van der Waals surface area contributed by atoms with Crippen LogP contribution in [-0.2, 0) is 0 Å². The first-order valence-corrected chi connectivity index (χ1v) is 17.9. The van der Waals surface area contributed by atoms with Crippen molar-refractivity contribution >= 4 is 65.0 Å². The maximum absolute atomic E-state index is 6.51. The second-order valence-electron chi connectivity index (χ2n) is 13.6. The summed E-state index contributed by atoms with van der Waals surface area (Å²) in [6.45, 7) is 0. The van der Waals surface area contributed by atoms with E-state index in [-0.39, 0.29) is 0 Å². The number of rotatable bonds is 4. The lowest BCUT2D eigenvalue weighted by Gasteiger charge is -2.13. The molecule has 11 aromatic rings. The summed E-state index contributed by atoms with van der Waals surface area (Å²) in [5.74, 6) is 1.83. The molecular weight excluding hydrogens is 647 g/mol. The molecule has 0 aliphatic rings. The minimum absolute atomic E-state index is 0.594. The fourth-order valence-electron chi connectivity index (χ4n) is 7.97. The van der Waals surface area contributed by atoms with E-state index in [1.807, 2.05) is 18.2 Å². The molecule has 0 radical (unpaired) electrons. The van der Waals surface area contributed by atoms with Gasteiger partial charge in [0, 0.05) is 27.5 Å². The third kappa shape index (κ3) is 4.80. The van der Waals surface area contributed by atoms with E-state index in [1.165, 1.54) is 26.9 Å². The van der Waals surface area contributed by atoms with Gasteiger partial charge in [0.1, 0.15) is 11.2 Å². The summed E-state index contributed by atoms with van der Waals surface area (Å²) in [7, 11) is 0. The summed E-state index contributed by atoms with van der Waals surface area (Å²) in [5.41, 5.74) is 6.52. The normalized spacial score (nSPS) is 11.8. The molecule has 2 heterocycles. The molecule has 0 unspecified atom stereocenters. The van der Waals surface area contributed by atoms with Gasteiger partial charge in [0.25, 0.3) is 0 Å². The third-order valence-corrected chi connectivity index (χ3v) is 10.5. The number of para-hydroxylation sites is 1. The summed E-state index contributed by atoms with van der Waals surface area (Å²) in [6, 6.07) is 61.6. The highest BCUT2D eigenvalue weighted by atomic mass is 16.3. The van der Waals surface area contributed by atoms with Crippen LogP contribution in [0, 0.1) is 0 Å². The van der Waals surface area contributed by atoms with Gasteiger partial charge >= 0.3 is 0 Å². The maximum atomic E-state index is 6.51. The largest absolute Gasteiger partial charge is 0.456 e. The number of nitrogens with zero attached hydrogens (tertiary/aromatic N) is 3. The lowest BCUT2D eigenvalue weighted by Crippen LogP contribution is -2.01. The molecule has 0 amide bonds. The number of hydrogen-bond donors (Lipinski definition) is 0. The van der Waals surface area contributed by atoms with Gasteiger partial charge in [-0.2, -0.15) is 0 Å². The van der Waals surface area contributed by atoms with Gasteiger partial charge in [-0.25, -0.2) is 15.0 Å². The summed E-state index contributed by atoms with van der Waals surface area (Å²) in [4.78, 5) is 15.8. The Balaban J connectivity index is 1.20. The molecule has 53 heavy (non-hydrogen) atoms. The molecule has 0 saturated carbocycles. The van der Waals surface area contributed by atoms with Crippen LogP contribution in [0.5, 0.6) is 0 Å². The highest BCUT2D eigenvalue weighted by molar-refractivity contribution is 6.20. The van der Waals surface area contributed by atoms with E-state index in [4.69, 9.17) is 19.4 Å². The van der Waals surface area contributed by atoms with E-state index in [0.29, 0.717) is 17.5 Å². The van der Waals surface area contributed by atoms with Gasteiger partial charge in [-0.15, -0.1) is 0 Å². The predicted octanol–water partition coefficient (Wildman–Crippen LogP) is 13.1. The Bertz CT molecular complexity index is 3230. The van der Waals surface area contributed by atoms with Crippen molar-refractivity contribution in [1.82, 2.24) is 15.0 Å². The van der Waals surface area contributed by atoms with Crippen LogP contribution in [0.2, 0.25) is 0 Å². The van der Waals surface area contributed by atoms with E-state index >= 15 is 0 Å². The number of aromatic nitrogens is 3. The molecule has 0 aliphatic carbocycles. The molecule has 0 N–H and O–H groups in total. The standard InChI is InChI=1S/C49H29N3O/c1-2-11-30(12-3-1)36-28-42(46-41-18-8-9-20-43(41)53-44(46)29-36)49-51-47(50-48(52-49)40-19-10-15-31-13-4-6-16-37(31)40)35-25-26-39-34(27-35)24-23-33-22-21-32-14-5-7-17-38(32)45(33)39/h1-29H. The Morgan fingerprint density at radius 2 is 0.925 bits per heavy atom. The lowest BCUT2D eigenvalue weighted by molar-refractivity contribution is 0.669. The van der Waals surface area contributed by atoms with Crippen LogP contribution in [0.15, 0.2) is 180 Å². The van der Waals surface area contributed by atoms with Crippen molar-refractivity contribution in [3.63, 3.8) is 0 Å². The molecule has 0 bridgehead atoms. The molecule has 0 fully saturated rings. The van der Waals surface area contributed by atoms with Gasteiger partial charge in [-0.3, -0.25) is 0 Å². The van der Waals surface area contributed by atoms with Crippen molar-refractivity contribution in [3.05, 3.63) is 176 Å². The molecule has 0 aliphatic heterocycles. The van der Waals surface area contributed by atoms with Gasteiger partial charge in [-0.1, -0.05) is 152 Å². The Morgan fingerprint density at radius 1 is 0.302 bits per heavy atom. The second-order valence-corrected chi connectivity index (χ2v) is 13.6. The van der Waals surface area contributed by atoms with Crippen molar-refractivity contribution in [2.45, 2.75) is 0 Å². The summed E-state index contributed by atoms with van der Waals surface area (Å²) >= 11 is 0. The van der Waals surface area contributed by atoms with Crippen LogP contribution in [0.3, 0.4) is 0 Å². The predicted molar refractivity (Wildman–Crippen MR) is 219 cm³/mol. The SMILES string of the molecule is c1ccc(-c2cc(-c3nc(-c4ccc5c(ccc6ccc7ccccc7c65)c4)nc(-c4cccc5ccccc45)n3)c3c(c2)oc2ccccc23)cc1. The summed E-state index contributed by atoms with van der Waals surface area (Å²) in [6.07, 6.45) is 0. The van der Waals surface area contributed by atoms with E-state index in [0.717, 1.165) is 65.9 Å². The molecule has 0 atom stereocenters. The minimum atomic E-state index is 0.594. The molecule has 4 heteroatoms. The van der Waals surface area contributed by atoms with E-state index in [2.05, 4.69) is 158 Å². The van der Waals surface area contributed by atoms with Crippen molar-refractivity contribution in [3.8, 4) is 45.3 Å². The summed E-state index contributed by atoms with van der Waals surface area (Å²) < 4.78 is 6.51. The van der Waals surface area contributed by atoms with Gasteiger partial charge in [-0.05, 0) is 78.5 Å². The zero-order valence-corrected chi connectivity index (χ0v) is 28.5.